The number of benzene rings is 2. The van der Waals surface area contributed by atoms with Crippen molar-refractivity contribution in [3.05, 3.63) is 87.5 Å². The van der Waals surface area contributed by atoms with Gasteiger partial charge in [-0.3, -0.25) is 4.79 Å². The number of halogens is 6. The molecule has 1 saturated heterocycles. The number of aromatic nitrogens is 1. The first-order chi connectivity index (χ1) is 21.4. The molecule has 1 aromatic heterocycles. The van der Waals surface area contributed by atoms with E-state index in [0.717, 1.165) is 6.07 Å². The van der Waals surface area contributed by atoms with Gasteiger partial charge in [-0.1, -0.05) is 12.1 Å². The zero-order chi connectivity index (χ0) is 32.4. The number of ether oxygens (including phenoxy) is 2. The van der Waals surface area contributed by atoms with Gasteiger partial charge in [-0.2, -0.15) is 36.6 Å². The zero-order valence-corrected chi connectivity index (χ0v) is 24.3. The van der Waals surface area contributed by atoms with Crippen LogP contribution < -0.4 is 14.4 Å². The van der Waals surface area contributed by atoms with Crippen LogP contribution in [0.25, 0.3) is 6.08 Å². The second-order valence-corrected chi connectivity index (χ2v) is 10.8. The van der Waals surface area contributed by atoms with Crippen molar-refractivity contribution in [1.82, 2.24) is 9.88 Å². The molecule has 1 fully saturated rings. The molecule has 2 aromatic carbocycles. The average Bonchev–Trinajstić information content (AvgIpc) is 3.38. The smallest absolute Gasteiger partial charge is 0.416 e. The zero-order valence-electron chi connectivity index (χ0n) is 23.4. The molecular weight excluding hydrogens is 624 g/mol. The maximum absolute atomic E-state index is 13.5. The van der Waals surface area contributed by atoms with Gasteiger partial charge in [0.25, 0.3) is 5.91 Å². The number of aliphatic imine (C=N–C) groups is 1. The molecule has 1 amide bonds. The molecule has 0 saturated carbocycles. The fraction of sp³-hybridized carbons (Fsp3) is 0.267. The van der Waals surface area contributed by atoms with E-state index >= 15 is 0 Å². The molecule has 15 heteroatoms. The van der Waals surface area contributed by atoms with Gasteiger partial charge in [0.2, 0.25) is 0 Å². The van der Waals surface area contributed by atoms with Crippen molar-refractivity contribution < 1.29 is 40.6 Å². The Labute approximate surface area is 257 Å². The van der Waals surface area contributed by atoms with E-state index in [4.69, 9.17) is 9.47 Å². The predicted molar refractivity (Wildman–Crippen MR) is 155 cm³/mol. The molecule has 2 aliphatic heterocycles. The van der Waals surface area contributed by atoms with Crippen LogP contribution in [0.2, 0.25) is 0 Å². The van der Waals surface area contributed by atoms with Crippen LogP contribution in [-0.4, -0.2) is 54.2 Å². The van der Waals surface area contributed by atoms with Crippen LogP contribution in [0.15, 0.2) is 64.6 Å². The first-order valence-electron chi connectivity index (χ1n) is 13.3. The Morgan fingerprint density at radius 3 is 2.38 bits per heavy atom. The molecule has 45 heavy (non-hydrogen) atoms. The van der Waals surface area contributed by atoms with E-state index in [2.05, 4.69) is 16.0 Å². The van der Waals surface area contributed by atoms with Crippen molar-refractivity contribution in [3.8, 4) is 17.6 Å². The van der Waals surface area contributed by atoms with Gasteiger partial charge in [-0.05, 0) is 59.8 Å². The summed E-state index contributed by atoms with van der Waals surface area (Å²) < 4.78 is 90.4. The molecule has 0 radical (unpaired) electrons. The normalized spacial score (nSPS) is 16.5. The average molecular weight is 648 g/mol. The minimum atomic E-state index is -5.03. The van der Waals surface area contributed by atoms with E-state index < -0.39 is 41.6 Å². The quantitative estimate of drug-likeness (QED) is 0.225. The number of rotatable bonds is 6. The van der Waals surface area contributed by atoms with Crippen LogP contribution in [0.1, 0.15) is 27.8 Å². The first-order valence-corrected chi connectivity index (χ1v) is 14.1. The maximum Gasteiger partial charge on any atom is 0.416 e. The molecule has 8 nitrogen and oxygen atoms in total. The summed E-state index contributed by atoms with van der Waals surface area (Å²) in [6, 6.07) is 11.4. The number of nitrogens with zero attached hydrogens (tertiary/aromatic N) is 5. The number of methoxy groups -OCH3 is 1. The summed E-state index contributed by atoms with van der Waals surface area (Å²) in [5.74, 6) is 0.373. The van der Waals surface area contributed by atoms with Crippen molar-refractivity contribution >= 4 is 34.7 Å². The maximum atomic E-state index is 13.5. The summed E-state index contributed by atoms with van der Waals surface area (Å²) in [5, 5.41) is 9.90. The molecular formula is C30H23F6N5O3S. The summed E-state index contributed by atoms with van der Waals surface area (Å²) in [5.41, 5.74) is -2.33. The lowest BCUT2D eigenvalue weighted by atomic mass is 10.0. The Bertz CT molecular complexity index is 1710. The van der Waals surface area contributed by atoms with Crippen molar-refractivity contribution in [2.75, 3.05) is 38.2 Å². The second-order valence-electron chi connectivity index (χ2n) is 9.84. The number of hydrogen-bond acceptors (Lipinski definition) is 8. The number of amidine groups is 1. The van der Waals surface area contributed by atoms with Crippen molar-refractivity contribution in [3.63, 3.8) is 0 Å². The summed E-state index contributed by atoms with van der Waals surface area (Å²) in [6.07, 6.45) is -6.74. The van der Waals surface area contributed by atoms with Gasteiger partial charge >= 0.3 is 12.4 Å². The second kappa shape index (κ2) is 12.7. The van der Waals surface area contributed by atoms with Gasteiger partial charge in [-0.15, -0.1) is 0 Å². The summed E-state index contributed by atoms with van der Waals surface area (Å²) in [4.78, 5) is 25.5. The number of thioether (sulfide) groups is 1. The van der Waals surface area contributed by atoms with Gasteiger partial charge < -0.3 is 19.3 Å². The van der Waals surface area contributed by atoms with Crippen LogP contribution in [0.4, 0.5) is 32.2 Å². The number of carbonyl (C=O) groups excluding carboxylic acids is 1. The number of carbonyl (C=O) groups is 1. The topological polar surface area (TPSA) is 91.0 Å². The molecule has 0 N–H and O–H groups in total. The van der Waals surface area contributed by atoms with Crippen molar-refractivity contribution in [2.24, 2.45) is 4.99 Å². The molecule has 3 heterocycles. The monoisotopic (exact) mass is 647 g/mol. The van der Waals surface area contributed by atoms with Crippen LogP contribution in [-0.2, 0) is 23.8 Å². The lowest BCUT2D eigenvalue weighted by molar-refractivity contribution is -0.143. The Kier molecular flexibility index (Phi) is 8.96. The number of amides is 1. The van der Waals surface area contributed by atoms with Gasteiger partial charge in [0.15, 0.2) is 16.7 Å². The number of hydrogen-bond donors (Lipinski definition) is 0. The van der Waals surface area contributed by atoms with Gasteiger partial charge in [0, 0.05) is 37.9 Å². The number of alkyl halides is 6. The molecule has 0 bridgehead atoms. The highest BCUT2D eigenvalue weighted by Crippen LogP contribution is 2.39. The number of nitriles is 1. The molecule has 2 aliphatic rings. The molecule has 0 unspecified atom stereocenters. The molecule has 234 valence electrons. The Morgan fingerprint density at radius 2 is 1.71 bits per heavy atom. The van der Waals surface area contributed by atoms with E-state index in [1.165, 1.54) is 31.0 Å². The van der Waals surface area contributed by atoms with E-state index in [-0.39, 0.29) is 17.6 Å². The lowest BCUT2D eigenvalue weighted by Gasteiger charge is -2.36. The largest absolute Gasteiger partial charge is 0.493 e. The number of pyridine rings is 1. The molecule has 0 spiro atoms. The molecule has 5 rings (SSSR count). The Hall–Kier alpha value is -4.71. The van der Waals surface area contributed by atoms with Crippen LogP contribution >= 0.6 is 11.8 Å². The van der Waals surface area contributed by atoms with Gasteiger partial charge in [-0.25, -0.2) is 4.98 Å². The first kappa shape index (κ1) is 31.7. The molecule has 3 aromatic rings. The van der Waals surface area contributed by atoms with Gasteiger partial charge in [0.1, 0.15) is 18.5 Å². The fourth-order valence-corrected chi connectivity index (χ4v) is 5.69. The third-order valence-corrected chi connectivity index (χ3v) is 8.02. The highest BCUT2D eigenvalue weighted by atomic mass is 32.2. The van der Waals surface area contributed by atoms with E-state index in [9.17, 15) is 36.4 Å². The van der Waals surface area contributed by atoms with Crippen LogP contribution in [0.5, 0.6) is 11.5 Å². The highest BCUT2D eigenvalue weighted by molar-refractivity contribution is 8.18. The predicted octanol–water partition coefficient (Wildman–Crippen LogP) is 6.37. The van der Waals surface area contributed by atoms with Crippen LogP contribution in [0.3, 0.4) is 0 Å². The SMILES string of the molecule is COc1cc(C=C2SC(N3CCN(c4ncccc4C#N)CC3)=NC2=O)ccc1OCc1ccc(C(F)(F)F)cc1C(F)(F)F. The molecule has 0 aliphatic carbocycles. The number of piperazine rings is 1. The Morgan fingerprint density at radius 1 is 0.978 bits per heavy atom. The Balaban J connectivity index is 1.25. The third kappa shape index (κ3) is 7.17. The summed E-state index contributed by atoms with van der Waals surface area (Å²) in [7, 11) is 1.32. The summed E-state index contributed by atoms with van der Waals surface area (Å²) >= 11 is 1.20. The van der Waals surface area contributed by atoms with E-state index in [1.807, 2.05) is 9.80 Å². The van der Waals surface area contributed by atoms with Crippen molar-refractivity contribution in [2.45, 2.75) is 19.0 Å². The minimum absolute atomic E-state index is 0.0559. The van der Waals surface area contributed by atoms with E-state index in [1.54, 1.807) is 30.5 Å². The minimum Gasteiger partial charge on any atom is -0.493 e. The standard InChI is InChI=1S/C30H23F6N5O3S/c1-43-24-13-18(4-7-23(24)44-17-20-5-6-21(29(31,32)33)15-22(20)30(34,35)36)14-25-27(42)39-28(45-25)41-11-9-40(10-12-41)26-19(16-37)3-2-8-38-26/h2-8,13-15H,9-12,17H2,1H3. The van der Waals surface area contributed by atoms with Crippen LogP contribution in [0, 0.1) is 11.3 Å². The van der Waals surface area contributed by atoms with Gasteiger partial charge in [0.05, 0.1) is 28.7 Å². The lowest BCUT2D eigenvalue weighted by Crippen LogP contribution is -2.48. The van der Waals surface area contributed by atoms with E-state index in [0.29, 0.717) is 59.3 Å². The third-order valence-electron chi connectivity index (χ3n) is 6.98. The highest BCUT2D eigenvalue weighted by Gasteiger charge is 2.38. The number of anilines is 1. The fourth-order valence-electron chi connectivity index (χ4n) is 4.72. The van der Waals surface area contributed by atoms with Crippen molar-refractivity contribution in [1.29, 1.82) is 5.26 Å². The summed E-state index contributed by atoms with van der Waals surface area (Å²) in [6.45, 7) is 1.61. The molecule has 0 atom stereocenters.